The third-order valence-corrected chi connectivity index (χ3v) is 21.6. The van der Waals surface area contributed by atoms with Gasteiger partial charge in [-0.15, -0.1) is 0 Å². The van der Waals surface area contributed by atoms with E-state index < -0.39 is 98.7 Å². The Morgan fingerprint density at radius 1 is 0.705 bits per heavy atom. The Morgan fingerprint density at radius 3 is 1.98 bits per heavy atom. The normalized spacial score (nSPS) is 58.4. The number of fused-ring (bicyclic) bond motifs is 7. The minimum absolute atomic E-state index is 0.0107. The van der Waals surface area contributed by atoms with Crippen molar-refractivity contribution in [1.29, 1.82) is 0 Å². The summed E-state index contributed by atoms with van der Waals surface area (Å²) in [6, 6.07) is 0. The van der Waals surface area contributed by atoms with Crippen LogP contribution in [-0.2, 0) is 33.2 Å². The fraction of sp³-hybridized carbons (Fsp3) is 0.956. The van der Waals surface area contributed by atoms with Crippen molar-refractivity contribution in [1.82, 2.24) is 0 Å². The molecule has 61 heavy (non-hydrogen) atoms. The molecule has 9 rings (SSSR count). The first-order valence-electron chi connectivity index (χ1n) is 23.2. The van der Waals surface area contributed by atoms with E-state index in [4.69, 9.17) is 33.2 Å². The van der Waals surface area contributed by atoms with E-state index >= 15 is 0 Å². The van der Waals surface area contributed by atoms with E-state index in [1.54, 1.807) is 0 Å². The van der Waals surface area contributed by atoms with E-state index in [9.17, 15) is 40.9 Å². The molecular weight excluding hydrogens is 859 g/mol. The molecule has 0 amide bonds. The van der Waals surface area contributed by atoms with Crippen molar-refractivity contribution in [3.05, 3.63) is 11.6 Å². The van der Waals surface area contributed by atoms with Gasteiger partial charge < -0.3 is 64.5 Å². The summed E-state index contributed by atoms with van der Waals surface area (Å²) >= 11 is 0.535. The molecule has 0 aromatic heterocycles. The molecule has 0 bridgehead atoms. The molecule has 348 valence electrons. The molecule has 4 aliphatic carbocycles. The molecule has 8 N–H and O–H groups in total. The summed E-state index contributed by atoms with van der Waals surface area (Å²) in [5.74, 6) is 3.86. The summed E-state index contributed by atoms with van der Waals surface area (Å²) in [4.78, 5) is 0. The van der Waals surface area contributed by atoms with Crippen molar-refractivity contribution >= 4 is 15.0 Å². The summed E-state index contributed by atoms with van der Waals surface area (Å²) in [7, 11) is 0. The summed E-state index contributed by atoms with van der Waals surface area (Å²) in [5.41, 5.74) is 1.67. The first kappa shape index (κ1) is 45.8. The van der Waals surface area contributed by atoms with Gasteiger partial charge in [-0.05, 0) is 13.8 Å². The van der Waals surface area contributed by atoms with Crippen molar-refractivity contribution in [2.75, 3.05) is 6.61 Å². The van der Waals surface area contributed by atoms with Gasteiger partial charge in [0.15, 0.2) is 18.9 Å². The van der Waals surface area contributed by atoms with Gasteiger partial charge in [0.25, 0.3) is 0 Å². The third kappa shape index (κ3) is 7.59. The molecule has 0 aromatic carbocycles. The standard InChI is InChI=1S/C45H72O15Se/c1-19-9-14-45(61-18-19)20(2)30-28(60-45)16-27-25-8-7-23-15-24(10-12-43(23,5)26(25)11-13-44(27,30)6)56-42-39(59-41-36(52)34(50)32(48)22(4)55-41)37(53)38(29(17-46)57-42)58-40-35(51)33(49)31(47)21(3)54-40/h7,19-22,24-42,46-53H,8-18H2,1-6H3/t19?,20-,21-,22-,24-,25+,26-,27-,28?,29+,30-,31-,32-,33+,34+,35+,36+,37-,38+,39+,40-,41-,42+,43-,44-,45-/m0/s1. The monoisotopic (exact) mass is 932 g/mol. The van der Waals surface area contributed by atoms with Crippen LogP contribution >= 0.6 is 0 Å². The van der Waals surface area contributed by atoms with Crippen LogP contribution < -0.4 is 0 Å². The molecule has 16 heteroatoms. The van der Waals surface area contributed by atoms with Crippen LogP contribution in [0.1, 0.15) is 99.3 Å². The van der Waals surface area contributed by atoms with Gasteiger partial charge in [0.05, 0.1) is 18.8 Å². The summed E-state index contributed by atoms with van der Waals surface area (Å²) in [6.07, 6.45) is -9.39. The molecule has 9 aliphatic rings. The Balaban J connectivity index is 0.916. The molecule has 1 spiro atoms. The first-order chi connectivity index (χ1) is 28.9. The van der Waals surface area contributed by atoms with E-state index in [0.717, 1.165) is 18.8 Å². The van der Waals surface area contributed by atoms with E-state index in [1.165, 1.54) is 56.8 Å². The average Bonchev–Trinajstić information content (AvgIpc) is 3.69. The number of rotatable bonds is 7. The molecule has 2 unspecified atom stereocenters. The fourth-order valence-corrected chi connectivity index (χ4v) is 17.3. The molecule has 5 saturated heterocycles. The third-order valence-electron chi connectivity index (χ3n) is 17.6. The predicted octanol–water partition coefficient (Wildman–Crippen LogP) is 1.35. The average molecular weight is 932 g/mol. The van der Waals surface area contributed by atoms with Gasteiger partial charge in [-0.1, -0.05) is 0 Å². The number of aliphatic hydroxyl groups is 8. The number of allylic oxidation sites excluding steroid dienone is 1. The minimum atomic E-state index is -1.70. The van der Waals surface area contributed by atoms with E-state index in [1.807, 2.05) is 0 Å². The molecule has 3 saturated carbocycles. The molecule has 26 atom stereocenters. The molecule has 0 radical (unpaired) electrons. The number of aliphatic hydroxyl groups excluding tert-OH is 8. The number of hydrogen-bond acceptors (Lipinski definition) is 15. The van der Waals surface area contributed by atoms with Crippen molar-refractivity contribution in [3.8, 4) is 0 Å². The van der Waals surface area contributed by atoms with Gasteiger partial charge in [-0.25, -0.2) is 0 Å². The van der Waals surface area contributed by atoms with Crippen LogP contribution in [0.2, 0.25) is 5.32 Å². The topological polar surface area (TPSA) is 226 Å². The Morgan fingerprint density at radius 2 is 1.36 bits per heavy atom. The van der Waals surface area contributed by atoms with E-state index in [-0.39, 0.29) is 21.4 Å². The number of ether oxygens (including phenoxy) is 7. The Kier molecular flexibility index (Phi) is 12.8. The van der Waals surface area contributed by atoms with Crippen LogP contribution in [-0.4, -0.2) is 171 Å². The van der Waals surface area contributed by atoms with Gasteiger partial charge in [0, 0.05) is 0 Å². The zero-order chi connectivity index (χ0) is 43.5. The van der Waals surface area contributed by atoms with Crippen molar-refractivity contribution in [2.45, 2.75) is 213 Å². The molecule has 8 fully saturated rings. The van der Waals surface area contributed by atoms with Crippen LogP contribution in [0.15, 0.2) is 11.6 Å². The number of hydrogen-bond donors (Lipinski definition) is 8. The fourth-order valence-electron chi connectivity index (χ4n) is 14.0. The van der Waals surface area contributed by atoms with Crippen molar-refractivity contribution in [2.24, 2.45) is 46.3 Å². The maximum absolute atomic E-state index is 12.0. The molecule has 5 aliphatic heterocycles. The van der Waals surface area contributed by atoms with Crippen LogP contribution in [0.3, 0.4) is 0 Å². The van der Waals surface area contributed by atoms with Crippen LogP contribution in [0, 0.1) is 46.3 Å². The van der Waals surface area contributed by atoms with Gasteiger partial charge in [0.2, 0.25) is 0 Å². The quantitative estimate of drug-likeness (QED) is 0.133. The van der Waals surface area contributed by atoms with Crippen LogP contribution in [0.5, 0.6) is 0 Å². The molecule has 15 nitrogen and oxygen atoms in total. The van der Waals surface area contributed by atoms with Gasteiger partial charge in [-0.3, -0.25) is 0 Å². The summed E-state index contributed by atoms with van der Waals surface area (Å²) < 4.78 is 44.0. The Hall–Kier alpha value is -0.341. The summed E-state index contributed by atoms with van der Waals surface area (Å²) in [5, 5.41) is 87.3. The second-order valence-corrected chi connectivity index (χ2v) is 23.8. The van der Waals surface area contributed by atoms with Crippen molar-refractivity contribution < 1.29 is 74.0 Å². The Bertz CT molecular complexity index is 1600. The van der Waals surface area contributed by atoms with Crippen molar-refractivity contribution in [3.63, 3.8) is 0 Å². The van der Waals surface area contributed by atoms with E-state index in [2.05, 4.69) is 33.8 Å². The zero-order valence-corrected chi connectivity index (χ0v) is 38.2. The summed E-state index contributed by atoms with van der Waals surface area (Å²) in [6.45, 7) is 12.4. The van der Waals surface area contributed by atoms with Gasteiger partial charge in [0.1, 0.15) is 61.0 Å². The zero-order valence-electron chi connectivity index (χ0n) is 36.5. The first-order valence-corrected chi connectivity index (χ1v) is 25.3. The second-order valence-electron chi connectivity index (χ2n) is 21.1. The molecular formula is C45H72O15Se. The van der Waals surface area contributed by atoms with Crippen LogP contribution in [0.4, 0.5) is 0 Å². The maximum atomic E-state index is 12.0. The van der Waals surface area contributed by atoms with E-state index in [0.29, 0.717) is 63.5 Å². The Labute approximate surface area is 365 Å². The van der Waals surface area contributed by atoms with Gasteiger partial charge >= 0.3 is 190 Å². The molecule has 5 heterocycles. The molecule has 0 aromatic rings. The second kappa shape index (κ2) is 17.1. The van der Waals surface area contributed by atoms with Gasteiger partial charge in [-0.2, -0.15) is 0 Å². The predicted molar refractivity (Wildman–Crippen MR) is 217 cm³/mol. The SMILES string of the molecule is CC1CC[C@]2(OC3C[C@H]4[C@@H]5CC=C6C[C@@H](O[C@@H]7O[C@H](CO)[C@@H](O[C@@H]8O[C@@H](C)[C@H](O)[C@@H](O)[C@H]8O)[C@H](O)[C@H]7O[C@@H]7O[C@@H](C)[C@H](O)[C@@H](O)[C@H]7O)CC[C@]6(C)[C@H]5CC[C@]4(C)[C@H]3[C@@H]2C)[Se]C1. The van der Waals surface area contributed by atoms with Crippen LogP contribution in [0.25, 0.3) is 0 Å².